The van der Waals surface area contributed by atoms with Crippen molar-refractivity contribution in [2.75, 3.05) is 13.1 Å². The van der Waals surface area contributed by atoms with Crippen molar-refractivity contribution in [1.82, 2.24) is 15.8 Å². The lowest BCUT2D eigenvalue weighted by atomic mass is 10.1. The van der Waals surface area contributed by atoms with Crippen molar-refractivity contribution in [1.29, 1.82) is 0 Å². The Labute approximate surface area is 99.9 Å². The molecule has 0 atom stereocenters. The van der Waals surface area contributed by atoms with Crippen molar-refractivity contribution in [2.24, 2.45) is 0 Å². The molecule has 0 bridgehead atoms. The molecule has 0 aromatic carbocycles. The normalized spacial score (nSPS) is 21.4. The summed E-state index contributed by atoms with van der Waals surface area (Å²) in [6.45, 7) is 1.94. The third-order valence-corrected chi connectivity index (χ3v) is 3.42. The van der Waals surface area contributed by atoms with Crippen molar-refractivity contribution in [2.45, 2.75) is 37.6 Å². The fourth-order valence-electron chi connectivity index (χ4n) is 2.18. The van der Waals surface area contributed by atoms with Crippen LogP contribution in [0.1, 0.15) is 47.8 Å². The van der Waals surface area contributed by atoms with E-state index >= 15 is 0 Å². The quantitative estimate of drug-likeness (QED) is 0.821. The van der Waals surface area contributed by atoms with Gasteiger partial charge in [0, 0.05) is 18.0 Å². The summed E-state index contributed by atoms with van der Waals surface area (Å²) in [7, 11) is 0. The average molecular weight is 235 g/mol. The van der Waals surface area contributed by atoms with Gasteiger partial charge in [0.15, 0.2) is 5.69 Å². The maximum Gasteiger partial charge on any atom is 0.273 e. The minimum Gasteiger partial charge on any atom is -0.360 e. The zero-order valence-corrected chi connectivity index (χ0v) is 9.74. The molecule has 1 saturated carbocycles. The zero-order chi connectivity index (χ0) is 11.7. The number of amides is 1. The summed E-state index contributed by atoms with van der Waals surface area (Å²) in [6.07, 6.45) is 4.28. The SMILES string of the molecule is O=C(NC1CCNCC1)c1cc(C2CC2)on1. The first kappa shape index (κ1) is 10.8. The molecular formula is C12H17N3O2. The Kier molecular flexibility index (Phi) is 2.84. The highest BCUT2D eigenvalue weighted by molar-refractivity contribution is 5.92. The van der Waals surface area contributed by atoms with Gasteiger partial charge in [0.05, 0.1) is 0 Å². The maximum atomic E-state index is 11.9. The molecule has 5 heteroatoms. The number of nitrogens with one attached hydrogen (secondary N) is 2. The summed E-state index contributed by atoms with van der Waals surface area (Å²) in [4.78, 5) is 11.9. The number of carbonyl (C=O) groups excluding carboxylic acids is 1. The molecule has 17 heavy (non-hydrogen) atoms. The summed E-state index contributed by atoms with van der Waals surface area (Å²) in [5.41, 5.74) is 0.422. The van der Waals surface area contributed by atoms with Crippen LogP contribution in [0.3, 0.4) is 0 Å². The molecule has 0 radical (unpaired) electrons. The molecule has 1 aliphatic heterocycles. The van der Waals surface area contributed by atoms with Gasteiger partial charge >= 0.3 is 0 Å². The molecule has 2 heterocycles. The molecule has 2 N–H and O–H groups in total. The van der Waals surface area contributed by atoms with E-state index in [0.717, 1.165) is 44.5 Å². The van der Waals surface area contributed by atoms with Crippen LogP contribution in [0.25, 0.3) is 0 Å². The van der Waals surface area contributed by atoms with Crippen LogP contribution in [0.2, 0.25) is 0 Å². The van der Waals surface area contributed by atoms with Gasteiger partial charge in [-0.05, 0) is 38.8 Å². The van der Waals surface area contributed by atoms with Crippen molar-refractivity contribution >= 4 is 5.91 Å². The van der Waals surface area contributed by atoms with E-state index in [-0.39, 0.29) is 11.9 Å². The smallest absolute Gasteiger partial charge is 0.273 e. The highest BCUT2D eigenvalue weighted by Gasteiger charge is 2.29. The van der Waals surface area contributed by atoms with Gasteiger partial charge in [-0.2, -0.15) is 0 Å². The highest BCUT2D eigenvalue weighted by Crippen LogP contribution is 2.40. The van der Waals surface area contributed by atoms with Crippen molar-refractivity contribution in [3.05, 3.63) is 17.5 Å². The van der Waals surface area contributed by atoms with Gasteiger partial charge in [-0.3, -0.25) is 4.79 Å². The van der Waals surface area contributed by atoms with Crippen LogP contribution in [0, 0.1) is 0 Å². The van der Waals surface area contributed by atoms with E-state index in [1.54, 1.807) is 6.07 Å². The maximum absolute atomic E-state index is 11.9. The van der Waals surface area contributed by atoms with Crippen LogP contribution in [-0.4, -0.2) is 30.2 Å². The second kappa shape index (κ2) is 4.49. The third kappa shape index (κ3) is 2.49. The number of rotatable bonds is 3. The van der Waals surface area contributed by atoms with Gasteiger partial charge in [0.2, 0.25) is 0 Å². The summed E-state index contributed by atoms with van der Waals surface area (Å²) in [5.74, 6) is 1.26. The molecule has 1 aliphatic carbocycles. The average Bonchev–Trinajstić information content (AvgIpc) is 3.08. The summed E-state index contributed by atoms with van der Waals surface area (Å²) in [6, 6.07) is 2.05. The second-order valence-electron chi connectivity index (χ2n) is 4.89. The van der Waals surface area contributed by atoms with Crippen LogP contribution >= 0.6 is 0 Å². The molecule has 92 valence electrons. The monoisotopic (exact) mass is 235 g/mol. The largest absolute Gasteiger partial charge is 0.360 e. The van der Waals surface area contributed by atoms with E-state index in [1.165, 1.54) is 0 Å². The molecule has 1 amide bonds. The molecule has 2 fully saturated rings. The molecule has 2 aliphatic rings. The predicted octanol–water partition coefficient (Wildman–Crippen LogP) is 1.03. The topological polar surface area (TPSA) is 67.2 Å². The fourth-order valence-corrected chi connectivity index (χ4v) is 2.18. The van der Waals surface area contributed by atoms with Crippen LogP contribution in [0.5, 0.6) is 0 Å². The van der Waals surface area contributed by atoms with E-state index in [9.17, 15) is 4.79 Å². The molecule has 5 nitrogen and oxygen atoms in total. The van der Waals surface area contributed by atoms with Crippen LogP contribution in [-0.2, 0) is 0 Å². The van der Waals surface area contributed by atoms with Gasteiger partial charge in [-0.15, -0.1) is 0 Å². The van der Waals surface area contributed by atoms with Gasteiger partial charge < -0.3 is 15.2 Å². The fraction of sp³-hybridized carbons (Fsp3) is 0.667. The second-order valence-corrected chi connectivity index (χ2v) is 4.89. The van der Waals surface area contributed by atoms with Gasteiger partial charge in [-0.25, -0.2) is 0 Å². The van der Waals surface area contributed by atoms with E-state index in [4.69, 9.17) is 4.52 Å². The van der Waals surface area contributed by atoms with Gasteiger partial charge in [-0.1, -0.05) is 5.16 Å². The van der Waals surface area contributed by atoms with Gasteiger partial charge in [0.25, 0.3) is 5.91 Å². The van der Waals surface area contributed by atoms with Crippen molar-refractivity contribution in [3.8, 4) is 0 Å². The Morgan fingerprint density at radius 3 is 2.82 bits per heavy atom. The Hall–Kier alpha value is -1.36. The van der Waals surface area contributed by atoms with Gasteiger partial charge in [0.1, 0.15) is 5.76 Å². The summed E-state index contributed by atoms with van der Waals surface area (Å²) >= 11 is 0. The predicted molar refractivity (Wildman–Crippen MR) is 61.8 cm³/mol. The number of carbonyl (C=O) groups is 1. The minimum absolute atomic E-state index is 0.104. The van der Waals surface area contributed by atoms with E-state index in [2.05, 4.69) is 15.8 Å². The van der Waals surface area contributed by atoms with E-state index < -0.39 is 0 Å². The first-order chi connectivity index (χ1) is 8.33. The lowest BCUT2D eigenvalue weighted by Gasteiger charge is -2.23. The van der Waals surface area contributed by atoms with Crippen LogP contribution in [0.4, 0.5) is 0 Å². The Bertz CT molecular complexity index is 406. The third-order valence-electron chi connectivity index (χ3n) is 3.42. The van der Waals surface area contributed by atoms with Crippen LogP contribution in [0.15, 0.2) is 10.6 Å². The lowest BCUT2D eigenvalue weighted by molar-refractivity contribution is 0.0920. The lowest BCUT2D eigenvalue weighted by Crippen LogP contribution is -2.42. The van der Waals surface area contributed by atoms with Crippen LogP contribution < -0.4 is 10.6 Å². The highest BCUT2D eigenvalue weighted by atomic mass is 16.5. The number of nitrogens with zero attached hydrogens (tertiary/aromatic N) is 1. The molecular weight excluding hydrogens is 218 g/mol. The first-order valence-corrected chi connectivity index (χ1v) is 6.31. The number of piperidine rings is 1. The number of hydrogen-bond acceptors (Lipinski definition) is 4. The molecule has 3 rings (SSSR count). The Balaban J connectivity index is 1.59. The summed E-state index contributed by atoms with van der Waals surface area (Å²) in [5, 5.41) is 10.1. The standard InChI is InChI=1S/C12H17N3O2/c16-12(14-9-3-5-13-6-4-9)10-7-11(17-15-10)8-1-2-8/h7-9,13H,1-6H2,(H,14,16). The molecule has 1 saturated heterocycles. The van der Waals surface area contributed by atoms with Crippen molar-refractivity contribution in [3.63, 3.8) is 0 Å². The van der Waals surface area contributed by atoms with Crippen molar-refractivity contribution < 1.29 is 9.32 Å². The zero-order valence-electron chi connectivity index (χ0n) is 9.74. The minimum atomic E-state index is -0.104. The number of hydrogen-bond donors (Lipinski definition) is 2. The molecule has 1 aromatic rings. The molecule has 0 spiro atoms. The molecule has 1 aromatic heterocycles. The van der Waals surface area contributed by atoms with E-state index in [1.807, 2.05) is 0 Å². The van der Waals surface area contributed by atoms with E-state index in [0.29, 0.717) is 11.6 Å². The first-order valence-electron chi connectivity index (χ1n) is 6.31. The Morgan fingerprint density at radius 1 is 1.35 bits per heavy atom. The Morgan fingerprint density at radius 2 is 2.12 bits per heavy atom. The summed E-state index contributed by atoms with van der Waals surface area (Å²) < 4.78 is 5.18. The molecule has 0 unspecified atom stereocenters. The number of aromatic nitrogens is 1.